The Hall–Kier alpha value is -0.303. The highest BCUT2D eigenvalue weighted by molar-refractivity contribution is 6.84. The van der Waals surface area contributed by atoms with E-state index < -0.39 is 8.07 Å². The van der Waals surface area contributed by atoms with Crippen molar-refractivity contribution in [2.24, 2.45) is 0 Å². The van der Waals surface area contributed by atoms with Gasteiger partial charge in [-0.05, 0) is 12.0 Å². The first-order valence-electron chi connectivity index (χ1n) is 4.51. The van der Waals surface area contributed by atoms with Gasteiger partial charge < -0.3 is 0 Å². The van der Waals surface area contributed by atoms with Crippen molar-refractivity contribution in [1.29, 1.82) is 0 Å². The predicted octanol–water partition coefficient (Wildman–Crippen LogP) is 4.17. The van der Waals surface area contributed by atoms with E-state index in [2.05, 4.69) is 52.2 Å². The maximum atomic E-state index is 3.88. The van der Waals surface area contributed by atoms with Gasteiger partial charge >= 0.3 is 0 Å². The molecular formula is C11H22Si. The van der Waals surface area contributed by atoms with Crippen LogP contribution in [0.3, 0.4) is 0 Å². The van der Waals surface area contributed by atoms with Crippen molar-refractivity contribution in [1.82, 2.24) is 0 Å². The van der Waals surface area contributed by atoms with Gasteiger partial charge in [0.2, 0.25) is 0 Å². The van der Waals surface area contributed by atoms with Crippen LogP contribution in [0.15, 0.2) is 23.9 Å². The van der Waals surface area contributed by atoms with Crippen LogP contribution in [0.25, 0.3) is 0 Å². The molecule has 0 atom stereocenters. The zero-order chi connectivity index (χ0) is 9.99. The average molecular weight is 182 g/mol. The Labute approximate surface area is 78.4 Å². The molecule has 0 spiro atoms. The van der Waals surface area contributed by atoms with Crippen LogP contribution in [-0.4, -0.2) is 8.07 Å². The molecule has 0 saturated heterocycles. The number of allylic oxidation sites excluding steroid dienone is 2. The maximum absolute atomic E-state index is 3.88. The SMILES string of the molecule is C=C(C)/C=C/[Si](C)(C)C(C)(C)C. The summed E-state index contributed by atoms with van der Waals surface area (Å²) in [6.45, 7) is 17.7. The van der Waals surface area contributed by atoms with E-state index in [1.807, 2.05) is 6.92 Å². The van der Waals surface area contributed by atoms with Gasteiger partial charge in [-0.25, -0.2) is 0 Å². The molecule has 70 valence electrons. The summed E-state index contributed by atoms with van der Waals surface area (Å²) in [5, 5.41) is 0.443. The van der Waals surface area contributed by atoms with Crippen LogP contribution in [0.1, 0.15) is 27.7 Å². The number of hydrogen-bond acceptors (Lipinski definition) is 0. The molecule has 0 rings (SSSR count). The van der Waals surface area contributed by atoms with Gasteiger partial charge in [-0.15, -0.1) is 0 Å². The Kier molecular flexibility index (Phi) is 3.52. The smallest absolute Gasteiger partial charge is 0.0770 e. The Bertz CT molecular complexity index is 192. The molecule has 0 N–H and O–H groups in total. The van der Waals surface area contributed by atoms with Crippen molar-refractivity contribution in [2.75, 3.05) is 0 Å². The van der Waals surface area contributed by atoms with Crippen molar-refractivity contribution < 1.29 is 0 Å². The molecule has 0 aliphatic carbocycles. The minimum absolute atomic E-state index is 0.443. The van der Waals surface area contributed by atoms with Crippen molar-refractivity contribution in [2.45, 2.75) is 45.8 Å². The van der Waals surface area contributed by atoms with Crippen LogP contribution in [0.2, 0.25) is 18.1 Å². The van der Waals surface area contributed by atoms with E-state index in [1.54, 1.807) is 0 Å². The summed E-state index contributed by atoms with van der Waals surface area (Å²) >= 11 is 0. The number of rotatable bonds is 2. The highest BCUT2D eigenvalue weighted by atomic mass is 28.3. The van der Waals surface area contributed by atoms with E-state index in [-0.39, 0.29) is 0 Å². The third-order valence-electron chi connectivity index (χ3n) is 2.72. The van der Waals surface area contributed by atoms with Gasteiger partial charge in [0.1, 0.15) is 0 Å². The molecule has 0 saturated carbocycles. The van der Waals surface area contributed by atoms with Gasteiger partial charge in [0.25, 0.3) is 0 Å². The summed E-state index contributed by atoms with van der Waals surface area (Å²) in [5.41, 5.74) is 3.54. The van der Waals surface area contributed by atoms with Crippen LogP contribution >= 0.6 is 0 Å². The highest BCUT2D eigenvalue weighted by Crippen LogP contribution is 2.36. The molecule has 0 aromatic rings. The lowest BCUT2D eigenvalue weighted by molar-refractivity contribution is 0.728. The first-order valence-corrected chi connectivity index (χ1v) is 7.59. The van der Waals surface area contributed by atoms with Crippen LogP contribution in [0.5, 0.6) is 0 Å². The van der Waals surface area contributed by atoms with E-state index in [0.717, 1.165) is 5.57 Å². The topological polar surface area (TPSA) is 0 Å². The quantitative estimate of drug-likeness (QED) is 0.444. The average Bonchev–Trinajstić information content (AvgIpc) is 1.81. The molecule has 1 heteroatoms. The van der Waals surface area contributed by atoms with E-state index in [0.29, 0.717) is 5.04 Å². The van der Waals surface area contributed by atoms with Crippen LogP contribution in [-0.2, 0) is 0 Å². The van der Waals surface area contributed by atoms with Gasteiger partial charge in [-0.2, -0.15) is 0 Å². The number of hydrogen-bond donors (Lipinski definition) is 0. The third kappa shape index (κ3) is 3.40. The fourth-order valence-corrected chi connectivity index (χ4v) is 1.80. The molecule has 0 fully saturated rings. The molecule has 0 nitrogen and oxygen atoms in total. The molecule has 0 heterocycles. The van der Waals surface area contributed by atoms with Gasteiger partial charge in [-0.3, -0.25) is 0 Å². The summed E-state index contributed by atoms with van der Waals surface area (Å²) in [4.78, 5) is 0. The molecule has 0 aliphatic rings. The summed E-state index contributed by atoms with van der Waals surface area (Å²) in [5.74, 6) is 0. The zero-order valence-electron chi connectivity index (χ0n) is 9.36. The second kappa shape index (κ2) is 3.61. The fraction of sp³-hybridized carbons (Fsp3) is 0.636. The van der Waals surface area contributed by atoms with Crippen LogP contribution < -0.4 is 0 Å². The van der Waals surface area contributed by atoms with Crippen molar-refractivity contribution >= 4 is 8.07 Å². The minimum atomic E-state index is -1.21. The van der Waals surface area contributed by atoms with Gasteiger partial charge in [0.15, 0.2) is 0 Å². The van der Waals surface area contributed by atoms with Crippen LogP contribution in [0, 0.1) is 0 Å². The van der Waals surface area contributed by atoms with E-state index in [1.165, 1.54) is 0 Å². The molecule has 12 heavy (non-hydrogen) atoms. The lowest BCUT2D eigenvalue weighted by atomic mass is 10.2. The van der Waals surface area contributed by atoms with E-state index in [9.17, 15) is 0 Å². The summed E-state index contributed by atoms with van der Waals surface area (Å²) in [7, 11) is -1.21. The molecular weight excluding hydrogens is 160 g/mol. The Morgan fingerprint density at radius 3 is 1.92 bits per heavy atom. The molecule has 0 radical (unpaired) electrons. The first kappa shape index (κ1) is 11.7. The van der Waals surface area contributed by atoms with Crippen molar-refractivity contribution in [3.05, 3.63) is 23.9 Å². The van der Waals surface area contributed by atoms with Crippen molar-refractivity contribution in [3.8, 4) is 0 Å². The largest absolute Gasteiger partial charge is 0.0961 e. The summed E-state index contributed by atoms with van der Waals surface area (Å²) in [6.07, 6.45) is 2.16. The Morgan fingerprint density at radius 1 is 1.25 bits per heavy atom. The molecule has 0 aliphatic heterocycles. The first-order chi connectivity index (χ1) is 5.17. The van der Waals surface area contributed by atoms with Gasteiger partial charge in [0, 0.05) is 0 Å². The van der Waals surface area contributed by atoms with E-state index >= 15 is 0 Å². The Morgan fingerprint density at radius 2 is 1.67 bits per heavy atom. The molecule has 0 aromatic carbocycles. The van der Waals surface area contributed by atoms with E-state index in [4.69, 9.17) is 0 Å². The second-order valence-corrected chi connectivity index (χ2v) is 10.4. The van der Waals surface area contributed by atoms with Gasteiger partial charge in [0.05, 0.1) is 8.07 Å². The monoisotopic (exact) mass is 182 g/mol. The summed E-state index contributed by atoms with van der Waals surface area (Å²) < 4.78 is 0. The normalized spacial score (nSPS) is 13.8. The molecule has 0 bridgehead atoms. The second-order valence-electron chi connectivity index (χ2n) is 5.15. The molecule has 0 aromatic heterocycles. The minimum Gasteiger partial charge on any atom is -0.0961 e. The van der Waals surface area contributed by atoms with Gasteiger partial charge in [-0.1, -0.05) is 57.8 Å². The molecule has 0 amide bonds. The standard InChI is InChI=1S/C11H22Si/c1-10(2)8-9-12(6,7)11(3,4)5/h8-9H,1H2,2-7H3/b9-8+. The summed E-state index contributed by atoms with van der Waals surface area (Å²) in [6, 6.07) is 0. The predicted molar refractivity (Wildman–Crippen MR) is 61.2 cm³/mol. The lowest BCUT2D eigenvalue weighted by Crippen LogP contribution is -2.34. The third-order valence-corrected chi connectivity index (χ3v) is 7.58. The zero-order valence-corrected chi connectivity index (χ0v) is 10.4. The lowest BCUT2D eigenvalue weighted by Gasteiger charge is -2.34. The molecule has 0 unspecified atom stereocenters. The van der Waals surface area contributed by atoms with Crippen molar-refractivity contribution in [3.63, 3.8) is 0 Å². The highest BCUT2D eigenvalue weighted by Gasteiger charge is 2.31. The van der Waals surface area contributed by atoms with Crippen LogP contribution in [0.4, 0.5) is 0 Å². The Balaban J connectivity index is 4.54. The fourth-order valence-electron chi connectivity index (χ4n) is 0.601. The maximum Gasteiger partial charge on any atom is 0.0770 e.